The van der Waals surface area contributed by atoms with E-state index in [4.69, 9.17) is 4.74 Å². The van der Waals surface area contributed by atoms with E-state index in [1.165, 1.54) is 44.8 Å². The van der Waals surface area contributed by atoms with Crippen LogP contribution in [0, 0.1) is 0 Å². The first kappa shape index (κ1) is 23.9. The monoisotopic (exact) mass is 411 g/mol. The van der Waals surface area contributed by atoms with Crippen molar-refractivity contribution < 1.29 is 14.6 Å². The minimum absolute atomic E-state index is 0.232. The van der Waals surface area contributed by atoms with Gasteiger partial charge in [0.2, 0.25) is 0 Å². The molecule has 0 spiro atoms. The van der Waals surface area contributed by atoms with Gasteiger partial charge in [-0.05, 0) is 60.1 Å². The Morgan fingerprint density at radius 3 is 2.63 bits per heavy atom. The predicted molar refractivity (Wildman–Crippen MR) is 124 cm³/mol. The molecule has 4 nitrogen and oxygen atoms in total. The number of ether oxygens (including phenoxy) is 1. The number of rotatable bonds is 13. The molecule has 0 saturated heterocycles. The maximum atomic E-state index is 11.4. The Labute approximate surface area is 181 Å². The summed E-state index contributed by atoms with van der Waals surface area (Å²) in [4.78, 5) is 11.4. The van der Waals surface area contributed by atoms with Crippen molar-refractivity contribution in [2.75, 3.05) is 7.11 Å². The number of unbranched alkanes of at least 4 members (excludes halogenated alkanes) is 5. The van der Waals surface area contributed by atoms with Crippen LogP contribution in [0.3, 0.4) is 0 Å². The number of hydrogen-bond donors (Lipinski definition) is 1. The average Bonchev–Trinajstić information content (AvgIpc) is 3.19. The molecule has 0 saturated carbocycles. The second kappa shape index (κ2) is 13.1. The number of allylic oxidation sites excluding steroid dienone is 1. The second-order valence-corrected chi connectivity index (χ2v) is 8.00. The normalized spacial score (nSPS) is 12.4. The molecule has 1 unspecified atom stereocenters. The molecule has 0 aliphatic rings. The van der Waals surface area contributed by atoms with E-state index in [0.717, 1.165) is 23.1 Å². The lowest BCUT2D eigenvalue weighted by Crippen LogP contribution is -2.04. The number of esters is 1. The summed E-state index contributed by atoms with van der Waals surface area (Å²) in [5.74, 6) is -0.232. The van der Waals surface area contributed by atoms with Crippen LogP contribution in [0.15, 0.2) is 42.7 Å². The van der Waals surface area contributed by atoms with Crippen molar-refractivity contribution in [3.05, 3.63) is 53.9 Å². The number of nitrogens with zero attached hydrogens (tertiary/aromatic N) is 1. The van der Waals surface area contributed by atoms with Crippen LogP contribution in [0.5, 0.6) is 0 Å². The minimum atomic E-state index is -0.594. The number of carbonyl (C=O) groups excluding carboxylic acids is 1. The van der Waals surface area contributed by atoms with Crippen LogP contribution in [0.4, 0.5) is 0 Å². The van der Waals surface area contributed by atoms with Gasteiger partial charge in [-0.15, -0.1) is 0 Å². The zero-order valence-electron chi connectivity index (χ0n) is 18.8. The first-order valence-electron chi connectivity index (χ1n) is 11.2. The predicted octanol–water partition coefficient (Wildman–Crippen LogP) is 6.44. The Hall–Kier alpha value is -2.33. The average molecular weight is 412 g/mol. The van der Waals surface area contributed by atoms with Crippen molar-refractivity contribution in [1.29, 1.82) is 0 Å². The summed E-state index contributed by atoms with van der Waals surface area (Å²) in [5, 5.41) is 10.8. The Morgan fingerprint density at radius 2 is 1.93 bits per heavy atom. The SMILES string of the molecule is CCCCCCC/C=C/c1cc(-c2ccn(C)c2)ccc1C(O)CCCC(=O)OC. The van der Waals surface area contributed by atoms with E-state index in [0.29, 0.717) is 19.3 Å². The van der Waals surface area contributed by atoms with Gasteiger partial charge in [0.25, 0.3) is 0 Å². The van der Waals surface area contributed by atoms with Crippen LogP contribution >= 0.6 is 0 Å². The smallest absolute Gasteiger partial charge is 0.305 e. The molecule has 0 aliphatic carbocycles. The van der Waals surface area contributed by atoms with E-state index >= 15 is 0 Å². The second-order valence-electron chi connectivity index (χ2n) is 8.00. The van der Waals surface area contributed by atoms with Gasteiger partial charge in [0.05, 0.1) is 13.2 Å². The number of aromatic nitrogens is 1. The summed E-state index contributed by atoms with van der Waals surface area (Å²) in [6.07, 6.45) is 16.8. The molecular weight excluding hydrogens is 374 g/mol. The third-order valence-corrected chi connectivity index (χ3v) is 5.47. The lowest BCUT2D eigenvalue weighted by molar-refractivity contribution is -0.140. The third kappa shape index (κ3) is 7.83. The van der Waals surface area contributed by atoms with Crippen molar-refractivity contribution in [1.82, 2.24) is 4.57 Å². The topological polar surface area (TPSA) is 51.5 Å². The number of aryl methyl sites for hydroxylation is 1. The van der Waals surface area contributed by atoms with Gasteiger partial charge < -0.3 is 14.4 Å². The molecule has 2 rings (SSSR count). The largest absolute Gasteiger partial charge is 0.469 e. The number of aliphatic hydroxyl groups excluding tert-OH is 1. The Kier molecular flexibility index (Phi) is 10.4. The highest BCUT2D eigenvalue weighted by Gasteiger charge is 2.13. The third-order valence-electron chi connectivity index (χ3n) is 5.47. The maximum Gasteiger partial charge on any atom is 0.305 e. The van der Waals surface area contributed by atoms with E-state index in [-0.39, 0.29) is 5.97 Å². The Morgan fingerprint density at radius 1 is 1.13 bits per heavy atom. The van der Waals surface area contributed by atoms with Crippen LogP contribution in [-0.4, -0.2) is 22.8 Å². The number of hydrogen-bond acceptors (Lipinski definition) is 3. The summed E-state index contributed by atoms with van der Waals surface area (Å²) in [6.45, 7) is 2.23. The summed E-state index contributed by atoms with van der Waals surface area (Å²) < 4.78 is 6.73. The molecule has 4 heteroatoms. The van der Waals surface area contributed by atoms with Crippen LogP contribution in [-0.2, 0) is 16.6 Å². The van der Waals surface area contributed by atoms with E-state index in [1.54, 1.807) is 0 Å². The molecule has 1 atom stereocenters. The summed E-state index contributed by atoms with van der Waals surface area (Å²) in [6, 6.07) is 8.34. The Bertz CT molecular complexity index is 806. The van der Waals surface area contributed by atoms with Crippen molar-refractivity contribution in [2.45, 2.75) is 70.8 Å². The van der Waals surface area contributed by atoms with Gasteiger partial charge in [-0.2, -0.15) is 0 Å². The fourth-order valence-electron chi connectivity index (χ4n) is 3.65. The standard InChI is InChI=1S/C26H37NO3/c1-4-5-6-7-8-9-10-12-22-19-21(23-17-18-27(2)20-23)15-16-24(22)25(28)13-11-14-26(29)30-3/h10,12,15-20,25,28H,4-9,11,13-14H2,1-3H3/b12-10+. The van der Waals surface area contributed by atoms with Crippen molar-refractivity contribution >= 4 is 12.0 Å². The minimum Gasteiger partial charge on any atom is -0.469 e. The summed E-state index contributed by atoms with van der Waals surface area (Å²) in [5.41, 5.74) is 4.28. The van der Waals surface area contributed by atoms with Crippen molar-refractivity contribution in [3.8, 4) is 11.1 Å². The van der Waals surface area contributed by atoms with E-state index in [2.05, 4.69) is 43.5 Å². The van der Waals surface area contributed by atoms with Gasteiger partial charge in [-0.3, -0.25) is 4.79 Å². The molecule has 2 aromatic rings. The highest BCUT2D eigenvalue weighted by atomic mass is 16.5. The number of aliphatic hydroxyl groups is 1. The molecule has 0 radical (unpaired) electrons. The molecule has 0 amide bonds. The molecule has 164 valence electrons. The van der Waals surface area contributed by atoms with Crippen molar-refractivity contribution in [3.63, 3.8) is 0 Å². The molecule has 0 bridgehead atoms. The van der Waals surface area contributed by atoms with Gasteiger partial charge in [-0.1, -0.05) is 56.9 Å². The first-order valence-corrected chi connectivity index (χ1v) is 11.2. The lowest BCUT2D eigenvalue weighted by Gasteiger charge is -2.15. The van der Waals surface area contributed by atoms with Gasteiger partial charge in [0.1, 0.15) is 0 Å². The van der Waals surface area contributed by atoms with E-state index in [9.17, 15) is 9.90 Å². The van der Waals surface area contributed by atoms with Crippen LogP contribution in [0.25, 0.3) is 17.2 Å². The quantitative estimate of drug-likeness (QED) is 0.305. The van der Waals surface area contributed by atoms with Gasteiger partial charge in [-0.25, -0.2) is 0 Å². The van der Waals surface area contributed by atoms with Crippen LogP contribution in [0.1, 0.15) is 81.9 Å². The van der Waals surface area contributed by atoms with Gasteiger partial charge >= 0.3 is 5.97 Å². The Balaban J connectivity index is 2.10. The molecule has 0 aliphatic heterocycles. The molecular formula is C26H37NO3. The molecule has 1 aromatic heterocycles. The highest BCUT2D eigenvalue weighted by Crippen LogP contribution is 2.29. The number of carbonyl (C=O) groups is 1. The van der Waals surface area contributed by atoms with Crippen molar-refractivity contribution in [2.24, 2.45) is 7.05 Å². The number of methoxy groups -OCH3 is 1. The zero-order valence-corrected chi connectivity index (χ0v) is 18.8. The van der Waals surface area contributed by atoms with E-state index < -0.39 is 6.10 Å². The van der Waals surface area contributed by atoms with Gasteiger partial charge in [0, 0.05) is 25.9 Å². The van der Waals surface area contributed by atoms with Crippen LogP contribution < -0.4 is 0 Å². The lowest BCUT2D eigenvalue weighted by atomic mass is 9.94. The fourth-order valence-corrected chi connectivity index (χ4v) is 3.65. The first-order chi connectivity index (χ1) is 14.5. The molecule has 0 fully saturated rings. The summed E-state index contributed by atoms with van der Waals surface area (Å²) >= 11 is 0. The zero-order chi connectivity index (χ0) is 21.8. The maximum absolute atomic E-state index is 11.4. The molecule has 1 heterocycles. The van der Waals surface area contributed by atoms with E-state index in [1.807, 2.05) is 23.9 Å². The molecule has 30 heavy (non-hydrogen) atoms. The van der Waals surface area contributed by atoms with Crippen LogP contribution in [0.2, 0.25) is 0 Å². The van der Waals surface area contributed by atoms with Gasteiger partial charge in [0.15, 0.2) is 0 Å². The number of benzene rings is 1. The molecule has 1 N–H and O–H groups in total. The highest BCUT2D eigenvalue weighted by molar-refractivity contribution is 5.70. The fraction of sp³-hybridized carbons (Fsp3) is 0.500. The summed E-state index contributed by atoms with van der Waals surface area (Å²) in [7, 11) is 3.41. The molecule has 1 aromatic carbocycles.